The zero-order chi connectivity index (χ0) is 22.4. The van der Waals surface area contributed by atoms with Gasteiger partial charge in [0.25, 0.3) is 0 Å². The highest BCUT2D eigenvalue weighted by Crippen LogP contribution is 2.57. The number of carbonyl (C=O) groups is 1. The molecule has 1 aliphatic carbocycles. The molecule has 0 spiro atoms. The predicted octanol–water partition coefficient (Wildman–Crippen LogP) is 4.47. The molecule has 1 aromatic carbocycles. The first-order chi connectivity index (χ1) is 14.6. The summed E-state index contributed by atoms with van der Waals surface area (Å²) in [5.74, 6) is 2.60. The molecule has 5 nitrogen and oxygen atoms in total. The third-order valence-corrected chi connectivity index (χ3v) is 8.01. The van der Waals surface area contributed by atoms with Crippen LogP contribution in [0.15, 0.2) is 24.3 Å². The van der Waals surface area contributed by atoms with Gasteiger partial charge in [-0.3, -0.25) is 4.79 Å². The Balaban J connectivity index is 1.75. The Bertz CT molecular complexity index is 808. The summed E-state index contributed by atoms with van der Waals surface area (Å²) in [5.41, 5.74) is 0.953. The summed E-state index contributed by atoms with van der Waals surface area (Å²) in [4.78, 5) is 12.4. The Morgan fingerprint density at radius 1 is 1.26 bits per heavy atom. The molecular formula is C26H40N2O3. The molecule has 1 aromatic rings. The molecule has 2 aliphatic heterocycles. The van der Waals surface area contributed by atoms with Crippen LogP contribution in [0.5, 0.6) is 5.75 Å². The fourth-order valence-corrected chi connectivity index (χ4v) is 6.67. The molecule has 3 aliphatic rings. The van der Waals surface area contributed by atoms with Gasteiger partial charge in [0.2, 0.25) is 5.91 Å². The number of ether oxygens (including phenoxy) is 2. The van der Waals surface area contributed by atoms with Gasteiger partial charge in [0.15, 0.2) is 0 Å². The first-order valence-electron chi connectivity index (χ1n) is 12.0. The number of hydrogen-bond acceptors (Lipinski definition) is 4. The lowest BCUT2D eigenvalue weighted by Crippen LogP contribution is -2.73. The normalized spacial score (nSPS) is 36.5. The summed E-state index contributed by atoms with van der Waals surface area (Å²) in [6, 6.07) is 8.67. The topological polar surface area (TPSA) is 59.6 Å². The van der Waals surface area contributed by atoms with Gasteiger partial charge in [0, 0.05) is 36.6 Å². The smallest absolute Gasteiger partial charge is 0.217 e. The zero-order valence-electron chi connectivity index (χ0n) is 20.0. The molecule has 0 aromatic heterocycles. The van der Waals surface area contributed by atoms with E-state index in [0.29, 0.717) is 37.0 Å². The quantitative estimate of drug-likeness (QED) is 0.726. The highest BCUT2D eigenvalue weighted by atomic mass is 16.5. The first-order valence-corrected chi connectivity index (χ1v) is 12.0. The van der Waals surface area contributed by atoms with E-state index in [9.17, 15) is 4.79 Å². The minimum absolute atomic E-state index is 0.0606. The maximum absolute atomic E-state index is 12.4. The van der Waals surface area contributed by atoms with Crippen molar-refractivity contribution in [2.24, 2.45) is 23.7 Å². The van der Waals surface area contributed by atoms with E-state index in [2.05, 4.69) is 63.5 Å². The number of para-hydroxylation sites is 1. The SMILES string of the molecule is CC(=O)N[C@]12CCO[C@@H](c3ccccc3OCC(C)C)[C@@H]1CC1CC2[C@@H](C)NC1(C)C. The van der Waals surface area contributed by atoms with Gasteiger partial charge in [0.1, 0.15) is 5.75 Å². The molecular weight excluding hydrogens is 388 g/mol. The van der Waals surface area contributed by atoms with Crippen molar-refractivity contribution < 1.29 is 14.3 Å². The van der Waals surface area contributed by atoms with Crippen LogP contribution in [0, 0.1) is 23.7 Å². The van der Waals surface area contributed by atoms with E-state index in [1.165, 1.54) is 0 Å². The van der Waals surface area contributed by atoms with E-state index in [1.54, 1.807) is 6.92 Å². The standard InChI is InChI=1S/C26H40N2O3/c1-16(2)15-31-23-10-8-7-9-20(23)24-22-14-19-13-21(17(3)27-25(19,5)6)26(22,11-12-30-24)28-18(4)29/h7-10,16-17,19,21-22,24,27H,11-15H2,1-6H3,(H,28,29)/t17-,19?,21?,22+,24+,26+/m1/s1. The largest absolute Gasteiger partial charge is 0.493 e. The third-order valence-electron chi connectivity index (χ3n) is 8.01. The van der Waals surface area contributed by atoms with Crippen LogP contribution in [0.3, 0.4) is 0 Å². The number of amides is 1. The van der Waals surface area contributed by atoms with Gasteiger partial charge < -0.3 is 20.1 Å². The van der Waals surface area contributed by atoms with Crippen LogP contribution >= 0.6 is 0 Å². The lowest BCUT2D eigenvalue weighted by molar-refractivity contribution is -0.161. The number of benzene rings is 1. The zero-order valence-corrected chi connectivity index (χ0v) is 20.0. The van der Waals surface area contributed by atoms with Crippen molar-refractivity contribution in [2.45, 2.75) is 84.0 Å². The van der Waals surface area contributed by atoms with Gasteiger partial charge in [0.05, 0.1) is 18.2 Å². The maximum atomic E-state index is 12.4. The van der Waals surface area contributed by atoms with E-state index in [4.69, 9.17) is 9.47 Å². The Morgan fingerprint density at radius 3 is 2.68 bits per heavy atom. The molecule has 2 N–H and O–H groups in total. The van der Waals surface area contributed by atoms with Gasteiger partial charge in [-0.25, -0.2) is 0 Å². The Kier molecular flexibility index (Phi) is 6.12. The van der Waals surface area contributed by atoms with Gasteiger partial charge in [-0.15, -0.1) is 0 Å². The molecule has 2 heterocycles. The highest BCUT2D eigenvalue weighted by molar-refractivity contribution is 5.74. The second kappa shape index (κ2) is 8.40. The van der Waals surface area contributed by atoms with Gasteiger partial charge in [-0.05, 0) is 63.9 Å². The third kappa shape index (κ3) is 4.11. The monoisotopic (exact) mass is 428 g/mol. The van der Waals surface area contributed by atoms with Crippen molar-refractivity contribution in [3.05, 3.63) is 29.8 Å². The molecule has 5 heteroatoms. The van der Waals surface area contributed by atoms with E-state index in [1.807, 2.05) is 6.07 Å². The molecule has 2 saturated heterocycles. The van der Waals surface area contributed by atoms with E-state index in [-0.39, 0.29) is 29.0 Å². The number of carbonyl (C=O) groups excluding carboxylic acids is 1. The average molecular weight is 429 g/mol. The van der Waals surface area contributed by atoms with Crippen molar-refractivity contribution in [3.8, 4) is 5.75 Å². The molecule has 4 rings (SSSR count). The number of piperidine rings is 1. The van der Waals surface area contributed by atoms with E-state index < -0.39 is 0 Å². The summed E-state index contributed by atoms with van der Waals surface area (Å²) < 4.78 is 12.7. The molecule has 3 fully saturated rings. The summed E-state index contributed by atoms with van der Waals surface area (Å²) in [6.07, 6.45) is 2.98. The van der Waals surface area contributed by atoms with Gasteiger partial charge in [-0.1, -0.05) is 32.0 Å². The van der Waals surface area contributed by atoms with Crippen molar-refractivity contribution in [2.75, 3.05) is 13.2 Å². The van der Waals surface area contributed by atoms with Crippen molar-refractivity contribution >= 4 is 5.91 Å². The van der Waals surface area contributed by atoms with E-state index >= 15 is 0 Å². The fraction of sp³-hybridized carbons (Fsp3) is 0.731. The fourth-order valence-electron chi connectivity index (χ4n) is 6.67. The van der Waals surface area contributed by atoms with Crippen molar-refractivity contribution in [1.82, 2.24) is 10.6 Å². The van der Waals surface area contributed by atoms with Crippen LogP contribution < -0.4 is 15.4 Å². The van der Waals surface area contributed by atoms with Crippen LogP contribution in [0.25, 0.3) is 0 Å². The minimum Gasteiger partial charge on any atom is -0.493 e. The first kappa shape index (κ1) is 22.6. The molecule has 1 amide bonds. The number of hydrogen-bond donors (Lipinski definition) is 2. The molecule has 6 atom stereocenters. The van der Waals surface area contributed by atoms with Crippen LogP contribution in [-0.4, -0.2) is 36.2 Å². The number of fused-ring (bicyclic) bond motifs is 4. The van der Waals surface area contributed by atoms with Crippen LogP contribution in [0.2, 0.25) is 0 Å². The highest BCUT2D eigenvalue weighted by Gasteiger charge is 2.61. The minimum atomic E-state index is -0.251. The molecule has 0 radical (unpaired) electrons. The molecule has 1 saturated carbocycles. The van der Waals surface area contributed by atoms with Crippen LogP contribution in [0.4, 0.5) is 0 Å². The van der Waals surface area contributed by atoms with Crippen LogP contribution in [0.1, 0.15) is 72.5 Å². The molecule has 172 valence electrons. The Morgan fingerprint density at radius 2 is 1.97 bits per heavy atom. The lowest BCUT2D eigenvalue weighted by Gasteiger charge is -2.63. The molecule has 2 bridgehead atoms. The Labute approximate surface area is 187 Å². The second-order valence-electron chi connectivity index (χ2n) is 11.0. The number of nitrogens with one attached hydrogen (secondary N) is 2. The summed E-state index contributed by atoms with van der Waals surface area (Å²) >= 11 is 0. The number of rotatable bonds is 5. The Hall–Kier alpha value is -1.59. The molecule has 2 unspecified atom stereocenters. The summed E-state index contributed by atoms with van der Waals surface area (Å²) in [7, 11) is 0. The van der Waals surface area contributed by atoms with Crippen molar-refractivity contribution in [1.29, 1.82) is 0 Å². The van der Waals surface area contributed by atoms with E-state index in [0.717, 1.165) is 30.6 Å². The van der Waals surface area contributed by atoms with Crippen LogP contribution in [-0.2, 0) is 9.53 Å². The summed E-state index contributed by atoms with van der Waals surface area (Å²) in [6.45, 7) is 14.3. The lowest BCUT2D eigenvalue weighted by atomic mass is 9.52. The van der Waals surface area contributed by atoms with Crippen molar-refractivity contribution in [3.63, 3.8) is 0 Å². The van der Waals surface area contributed by atoms with Gasteiger partial charge >= 0.3 is 0 Å². The summed E-state index contributed by atoms with van der Waals surface area (Å²) in [5, 5.41) is 7.35. The second-order valence-corrected chi connectivity index (χ2v) is 11.0. The molecule has 31 heavy (non-hydrogen) atoms. The maximum Gasteiger partial charge on any atom is 0.217 e. The average Bonchev–Trinajstić information content (AvgIpc) is 2.69. The predicted molar refractivity (Wildman–Crippen MR) is 123 cm³/mol. The van der Waals surface area contributed by atoms with Gasteiger partial charge in [-0.2, -0.15) is 0 Å².